The van der Waals surface area contributed by atoms with E-state index in [1.165, 1.54) is 6.42 Å². The first kappa shape index (κ1) is 16.0. The molecule has 1 saturated heterocycles. The first-order chi connectivity index (χ1) is 8.92. The Hall–Kier alpha value is -1.03. The van der Waals surface area contributed by atoms with Crippen LogP contribution in [-0.4, -0.2) is 42.8 Å². The Morgan fingerprint density at radius 3 is 2.89 bits per heavy atom. The molecule has 1 aliphatic rings. The molecular weight excluding hydrogens is 240 g/mol. The van der Waals surface area contributed by atoms with E-state index in [0.717, 1.165) is 39.0 Å². The van der Waals surface area contributed by atoms with Crippen molar-refractivity contribution in [2.24, 2.45) is 5.92 Å². The van der Waals surface area contributed by atoms with Gasteiger partial charge in [0, 0.05) is 13.1 Å². The van der Waals surface area contributed by atoms with Crippen molar-refractivity contribution in [3.05, 3.63) is 12.7 Å². The molecule has 110 valence electrons. The molecule has 0 aromatic carbocycles. The molecule has 1 unspecified atom stereocenters. The summed E-state index contributed by atoms with van der Waals surface area (Å²) in [5.41, 5.74) is -0.410. The van der Waals surface area contributed by atoms with Crippen LogP contribution in [0.4, 0.5) is 4.79 Å². The molecule has 4 heteroatoms. The summed E-state index contributed by atoms with van der Waals surface area (Å²) in [5, 5.41) is 3.41. The third kappa shape index (κ3) is 6.62. The Kier molecular flexibility index (Phi) is 6.35. The number of nitrogens with one attached hydrogen (secondary N) is 1. The molecule has 0 aliphatic carbocycles. The topological polar surface area (TPSA) is 41.6 Å². The number of hydrogen-bond acceptors (Lipinski definition) is 3. The van der Waals surface area contributed by atoms with Crippen LogP contribution in [0.2, 0.25) is 0 Å². The van der Waals surface area contributed by atoms with E-state index in [-0.39, 0.29) is 6.09 Å². The molecule has 1 heterocycles. The molecule has 0 saturated carbocycles. The Balaban J connectivity index is 2.33. The van der Waals surface area contributed by atoms with Gasteiger partial charge in [0.25, 0.3) is 0 Å². The van der Waals surface area contributed by atoms with Gasteiger partial charge in [0.05, 0.1) is 0 Å². The van der Waals surface area contributed by atoms with E-state index in [1.54, 1.807) is 0 Å². The Morgan fingerprint density at radius 2 is 2.26 bits per heavy atom. The van der Waals surface area contributed by atoms with Crippen LogP contribution in [0.15, 0.2) is 12.7 Å². The molecule has 0 spiro atoms. The maximum absolute atomic E-state index is 12.0. The number of piperidine rings is 1. The van der Waals surface area contributed by atoms with E-state index in [1.807, 2.05) is 31.7 Å². The molecule has 1 rings (SSSR count). The van der Waals surface area contributed by atoms with Gasteiger partial charge in [-0.05, 0) is 59.0 Å². The number of hydrogen-bond donors (Lipinski definition) is 1. The Labute approximate surface area is 117 Å². The van der Waals surface area contributed by atoms with Crippen molar-refractivity contribution in [3.8, 4) is 0 Å². The van der Waals surface area contributed by atoms with Gasteiger partial charge < -0.3 is 15.0 Å². The van der Waals surface area contributed by atoms with Crippen molar-refractivity contribution in [1.82, 2.24) is 10.2 Å². The molecule has 19 heavy (non-hydrogen) atoms. The SMILES string of the molecule is C=CCCNCC1CCCN(C(=O)OC(C)(C)C)C1. The van der Waals surface area contributed by atoms with Crippen molar-refractivity contribution in [3.63, 3.8) is 0 Å². The minimum absolute atomic E-state index is 0.178. The second-order valence-corrected chi connectivity index (χ2v) is 6.22. The fourth-order valence-electron chi connectivity index (χ4n) is 2.23. The lowest BCUT2D eigenvalue weighted by Crippen LogP contribution is -2.45. The van der Waals surface area contributed by atoms with Crippen LogP contribution >= 0.6 is 0 Å². The van der Waals surface area contributed by atoms with Gasteiger partial charge >= 0.3 is 6.09 Å². The number of carbonyl (C=O) groups is 1. The molecule has 0 radical (unpaired) electrons. The summed E-state index contributed by atoms with van der Waals surface area (Å²) in [6.45, 7) is 13.0. The van der Waals surface area contributed by atoms with Gasteiger partial charge in [0.1, 0.15) is 5.60 Å². The van der Waals surface area contributed by atoms with Crippen LogP contribution in [0.3, 0.4) is 0 Å². The average molecular weight is 268 g/mol. The molecule has 1 atom stereocenters. The number of amides is 1. The quantitative estimate of drug-likeness (QED) is 0.616. The van der Waals surface area contributed by atoms with Crippen molar-refractivity contribution < 1.29 is 9.53 Å². The predicted molar refractivity (Wildman–Crippen MR) is 78.2 cm³/mol. The second-order valence-electron chi connectivity index (χ2n) is 6.22. The van der Waals surface area contributed by atoms with Crippen molar-refractivity contribution in [2.75, 3.05) is 26.2 Å². The van der Waals surface area contributed by atoms with E-state index < -0.39 is 5.60 Å². The summed E-state index contributed by atoms with van der Waals surface area (Å²) in [4.78, 5) is 13.8. The van der Waals surface area contributed by atoms with Gasteiger partial charge in [-0.25, -0.2) is 4.79 Å². The first-order valence-corrected chi connectivity index (χ1v) is 7.22. The largest absolute Gasteiger partial charge is 0.444 e. The number of likely N-dealkylation sites (tertiary alicyclic amines) is 1. The number of ether oxygens (including phenoxy) is 1. The van der Waals surface area contributed by atoms with E-state index >= 15 is 0 Å². The number of rotatable bonds is 5. The van der Waals surface area contributed by atoms with Crippen LogP contribution in [0, 0.1) is 5.92 Å². The van der Waals surface area contributed by atoms with E-state index in [9.17, 15) is 4.79 Å². The van der Waals surface area contributed by atoms with Crippen LogP contribution in [-0.2, 0) is 4.74 Å². The highest BCUT2D eigenvalue weighted by Gasteiger charge is 2.27. The maximum Gasteiger partial charge on any atom is 0.410 e. The fourth-order valence-corrected chi connectivity index (χ4v) is 2.23. The summed E-state index contributed by atoms with van der Waals surface area (Å²) in [6.07, 6.45) is 4.97. The molecule has 0 aromatic rings. The van der Waals surface area contributed by atoms with Crippen LogP contribution in [0.25, 0.3) is 0 Å². The van der Waals surface area contributed by atoms with Gasteiger partial charge in [-0.1, -0.05) is 6.08 Å². The maximum atomic E-state index is 12.0. The highest BCUT2D eigenvalue weighted by molar-refractivity contribution is 5.68. The number of carbonyl (C=O) groups excluding carboxylic acids is 1. The van der Waals surface area contributed by atoms with Gasteiger partial charge in [0.2, 0.25) is 0 Å². The zero-order valence-corrected chi connectivity index (χ0v) is 12.6. The fraction of sp³-hybridized carbons (Fsp3) is 0.800. The zero-order valence-electron chi connectivity index (χ0n) is 12.6. The predicted octanol–water partition coefficient (Wildman–Crippen LogP) is 2.80. The Morgan fingerprint density at radius 1 is 1.53 bits per heavy atom. The standard InChI is InChI=1S/C15H28N2O2/c1-5-6-9-16-11-13-8-7-10-17(12-13)14(18)19-15(2,3)4/h5,13,16H,1,6-12H2,2-4H3. The van der Waals surface area contributed by atoms with Crippen LogP contribution in [0.5, 0.6) is 0 Å². The summed E-state index contributed by atoms with van der Waals surface area (Å²) in [7, 11) is 0. The van der Waals surface area contributed by atoms with Gasteiger partial charge in [-0.3, -0.25) is 0 Å². The lowest BCUT2D eigenvalue weighted by atomic mass is 9.98. The minimum Gasteiger partial charge on any atom is -0.444 e. The molecule has 4 nitrogen and oxygen atoms in total. The van der Waals surface area contributed by atoms with Crippen molar-refractivity contribution >= 4 is 6.09 Å². The van der Waals surface area contributed by atoms with Gasteiger partial charge in [-0.2, -0.15) is 0 Å². The molecule has 1 amide bonds. The highest BCUT2D eigenvalue weighted by Crippen LogP contribution is 2.18. The Bertz CT molecular complexity index is 297. The summed E-state index contributed by atoms with van der Waals surface area (Å²) in [6, 6.07) is 0. The second kappa shape index (κ2) is 7.53. The molecule has 1 N–H and O–H groups in total. The lowest BCUT2D eigenvalue weighted by Gasteiger charge is -2.34. The van der Waals surface area contributed by atoms with E-state index in [2.05, 4.69) is 11.9 Å². The van der Waals surface area contributed by atoms with E-state index in [4.69, 9.17) is 4.74 Å². The van der Waals surface area contributed by atoms with Crippen LogP contribution < -0.4 is 5.32 Å². The molecule has 0 aromatic heterocycles. The summed E-state index contributed by atoms with van der Waals surface area (Å²) < 4.78 is 5.42. The average Bonchev–Trinajstić information content (AvgIpc) is 2.33. The van der Waals surface area contributed by atoms with Crippen molar-refractivity contribution in [2.45, 2.75) is 45.6 Å². The van der Waals surface area contributed by atoms with Crippen molar-refractivity contribution in [1.29, 1.82) is 0 Å². The summed E-state index contributed by atoms with van der Waals surface area (Å²) >= 11 is 0. The molecular formula is C15H28N2O2. The normalized spacial score (nSPS) is 20.2. The molecule has 1 fully saturated rings. The third-order valence-electron chi connectivity index (χ3n) is 3.13. The first-order valence-electron chi connectivity index (χ1n) is 7.22. The van der Waals surface area contributed by atoms with Crippen LogP contribution in [0.1, 0.15) is 40.0 Å². The smallest absolute Gasteiger partial charge is 0.410 e. The zero-order chi connectivity index (χ0) is 14.3. The van der Waals surface area contributed by atoms with Gasteiger partial charge in [0.15, 0.2) is 0 Å². The van der Waals surface area contributed by atoms with Gasteiger partial charge in [-0.15, -0.1) is 6.58 Å². The highest BCUT2D eigenvalue weighted by atomic mass is 16.6. The minimum atomic E-state index is -0.410. The van der Waals surface area contributed by atoms with E-state index in [0.29, 0.717) is 5.92 Å². The summed E-state index contributed by atoms with van der Waals surface area (Å²) in [5.74, 6) is 0.533. The lowest BCUT2D eigenvalue weighted by molar-refractivity contribution is 0.0166. The molecule has 0 bridgehead atoms. The third-order valence-corrected chi connectivity index (χ3v) is 3.13. The number of nitrogens with zero attached hydrogens (tertiary/aromatic N) is 1. The molecule has 1 aliphatic heterocycles. The monoisotopic (exact) mass is 268 g/mol.